The summed E-state index contributed by atoms with van der Waals surface area (Å²) in [6.45, 7) is 2.93. The first-order valence-electron chi connectivity index (χ1n) is 8.26. The van der Waals surface area contributed by atoms with Crippen LogP contribution < -0.4 is 4.74 Å². The zero-order valence-electron chi connectivity index (χ0n) is 14.0. The van der Waals surface area contributed by atoms with E-state index in [1.165, 1.54) is 17.5 Å². The second-order valence-electron chi connectivity index (χ2n) is 5.51. The van der Waals surface area contributed by atoms with Crippen LogP contribution in [0.25, 0.3) is 11.6 Å². The van der Waals surface area contributed by atoms with Crippen LogP contribution in [0.15, 0.2) is 52.2 Å². The molecular weight excluding hydrogens is 336 g/mol. The quantitative estimate of drug-likeness (QED) is 0.362. The highest BCUT2D eigenvalue weighted by Gasteiger charge is 2.10. The molecule has 0 unspecified atom stereocenters. The highest BCUT2D eigenvalue weighted by atomic mass is 32.1. The Morgan fingerprint density at radius 2 is 2.12 bits per heavy atom. The summed E-state index contributed by atoms with van der Waals surface area (Å²) in [7, 11) is 0. The van der Waals surface area contributed by atoms with Crippen LogP contribution in [0.1, 0.15) is 31.7 Å². The molecule has 0 aliphatic carbocycles. The van der Waals surface area contributed by atoms with E-state index in [4.69, 9.17) is 21.4 Å². The Hall–Kier alpha value is -2.67. The van der Waals surface area contributed by atoms with E-state index < -0.39 is 0 Å². The van der Waals surface area contributed by atoms with E-state index in [1.807, 2.05) is 30.3 Å². The molecule has 130 valence electrons. The average Bonchev–Trinajstić information content (AvgIpc) is 3.28. The number of unbranched alkanes of at least 4 members (excludes halogenated alkanes) is 2. The van der Waals surface area contributed by atoms with Crippen molar-refractivity contribution in [3.63, 3.8) is 0 Å². The minimum atomic E-state index is 0.401. The maximum Gasteiger partial charge on any atom is 0.219 e. The first-order valence-corrected chi connectivity index (χ1v) is 8.67. The van der Waals surface area contributed by atoms with Gasteiger partial charge in [-0.2, -0.15) is 9.78 Å². The number of hydrogen-bond donors (Lipinski definition) is 1. The molecule has 0 aliphatic heterocycles. The second kappa shape index (κ2) is 8.43. The molecule has 0 radical (unpaired) electrons. The van der Waals surface area contributed by atoms with Crippen LogP contribution in [0.5, 0.6) is 5.75 Å². The number of benzene rings is 1. The van der Waals surface area contributed by atoms with Gasteiger partial charge in [0.2, 0.25) is 10.6 Å². The van der Waals surface area contributed by atoms with Gasteiger partial charge < -0.3 is 9.15 Å². The van der Waals surface area contributed by atoms with Gasteiger partial charge in [0.25, 0.3) is 0 Å². The van der Waals surface area contributed by atoms with Crippen molar-refractivity contribution in [2.45, 2.75) is 26.2 Å². The number of rotatable bonds is 8. The van der Waals surface area contributed by atoms with Crippen LogP contribution in [0.2, 0.25) is 0 Å². The number of hydrogen-bond acceptors (Lipinski definition) is 5. The van der Waals surface area contributed by atoms with Gasteiger partial charge in [-0.3, -0.25) is 0 Å². The molecule has 0 fully saturated rings. The topological polar surface area (TPSA) is 68.3 Å². The van der Waals surface area contributed by atoms with Gasteiger partial charge in [0.1, 0.15) is 5.75 Å². The van der Waals surface area contributed by atoms with E-state index >= 15 is 0 Å². The van der Waals surface area contributed by atoms with Crippen LogP contribution in [-0.4, -0.2) is 27.7 Å². The van der Waals surface area contributed by atoms with E-state index in [0.29, 0.717) is 16.4 Å². The minimum absolute atomic E-state index is 0.401. The van der Waals surface area contributed by atoms with Gasteiger partial charge in [-0.1, -0.05) is 19.8 Å². The molecule has 0 saturated carbocycles. The van der Waals surface area contributed by atoms with Crippen LogP contribution in [0.3, 0.4) is 0 Å². The van der Waals surface area contributed by atoms with E-state index in [9.17, 15) is 0 Å². The van der Waals surface area contributed by atoms with Crippen molar-refractivity contribution in [1.29, 1.82) is 0 Å². The molecule has 3 aromatic rings. The molecule has 2 aromatic heterocycles. The van der Waals surface area contributed by atoms with Crippen molar-refractivity contribution in [2.75, 3.05) is 6.61 Å². The predicted octanol–water partition coefficient (Wildman–Crippen LogP) is 4.65. The van der Waals surface area contributed by atoms with Crippen LogP contribution in [0.4, 0.5) is 0 Å². The summed E-state index contributed by atoms with van der Waals surface area (Å²) in [5.41, 5.74) is 0.939. The van der Waals surface area contributed by atoms with Gasteiger partial charge in [-0.15, -0.1) is 5.10 Å². The van der Waals surface area contributed by atoms with E-state index in [-0.39, 0.29) is 0 Å². The summed E-state index contributed by atoms with van der Waals surface area (Å²) in [5, 5.41) is 11.3. The van der Waals surface area contributed by atoms with Gasteiger partial charge >= 0.3 is 0 Å². The van der Waals surface area contributed by atoms with Gasteiger partial charge in [0.05, 0.1) is 19.1 Å². The van der Waals surface area contributed by atoms with Crippen molar-refractivity contribution < 1.29 is 9.15 Å². The standard InChI is InChI=1S/C18H20N4O2S/c1-2-3-4-11-23-15-9-7-14(8-10-15)13-19-22-17(20-21-18(22)25)16-6-5-12-24-16/h5-10,12-13H,2-4,11H2,1H3,(H,21,25). The molecule has 7 heteroatoms. The zero-order valence-corrected chi connectivity index (χ0v) is 14.8. The van der Waals surface area contributed by atoms with Crippen molar-refractivity contribution in [3.8, 4) is 17.3 Å². The fraction of sp³-hybridized carbons (Fsp3) is 0.278. The van der Waals surface area contributed by atoms with Crippen molar-refractivity contribution in [2.24, 2.45) is 5.10 Å². The molecule has 0 aliphatic rings. The highest BCUT2D eigenvalue weighted by Crippen LogP contribution is 2.17. The van der Waals surface area contributed by atoms with Crippen molar-refractivity contribution in [3.05, 3.63) is 53.0 Å². The van der Waals surface area contributed by atoms with E-state index in [1.54, 1.807) is 18.5 Å². The zero-order chi connectivity index (χ0) is 17.5. The number of nitrogens with one attached hydrogen (secondary N) is 1. The fourth-order valence-corrected chi connectivity index (χ4v) is 2.46. The fourth-order valence-electron chi connectivity index (χ4n) is 2.28. The Balaban J connectivity index is 1.69. The number of nitrogens with zero attached hydrogens (tertiary/aromatic N) is 3. The number of aromatic amines is 1. The third kappa shape index (κ3) is 4.45. The molecule has 0 spiro atoms. The van der Waals surface area contributed by atoms with Crippen LogP contribution in [-0.2, 0) is 0 Å². The maximum atomic E-state index is 5.71. The third-order valence-electron chi connectivity index (χ3n) is 3.61. The number of furan rings is 1. The summed E-state index contributed by atoms with van der Waals surface area (Å²) in [4.78, 5) is 0. The Kier molecular flexibility index (Phi) is 5.79. The molecule has 0 saturated heterocycles. The van der Waals surface area contributed by atoms with Crippen LogP contribution >= 0.6 is 12.2 Å². The normalized spacial score (nSPS) is 11.2. The average molecular weight is 356 g/mol. The van der Waals surface area contributed by atoms with Gasteiger partial charge in [0, 0.05) is 0 Å². The predicted molar refractivity (Wildman–Crippen MR) is 99.6 cm³/mol. The molecule has 25 heavy (non-hydrogen) atoms. The number of ether oxygens (including phenoxy) is 1. The van der Waals surface area contributed by atoms with Gasteiger partial charge in [0.15, 0.2) is 5.76 Å². The molecule has 1 aromatic carbocycles. The lowest BCUT2D eigenvalue weighted by atomic mass is 10.2. The molecule has 2 heterocycles. The maximum absolute atomic E-state index is 5.71. The molecular formula is C18H20N4O2S. The molecule has 6 nitrogen and oxygen atoms in total. The second-order valence-corrected chi connectivity index (χ2v) is 5.90. The highest BCUT2D eigenvalue weighted by molar-refractivity contribution is 7.71. The first-order chi connectivity index (χ1) is 12.3. The number of aromatic nitrogens is 3. The van der Waals surface area contributed by atoms with Gasteiger partial charge in [-0.05, 0) is 60.6 Å². The molecule has 1 N–H and O–H groups in total. The van der Waals surface area contributed by atoms with Gasteiger partial charge in [-0.25, -0.2) is 5.10 Å². The molecule has 3 rings (SSSR count). The SMILES string of the molecule is CCCCCOc1ccc(C=Nn2c(-c3ccco3)n[nH]c2=S)cc1. The number of H-pyrrole nitrogens is 1. The lowest BCUT2D eigenvalue weighted by Crippen LogP contribution is -1.97. The van der Waals surface area contributed by atoms with E-state index in [0.717, 1.165) is 24.3 Å². The van der Waals surface area contributed by atoms with E-state index in [2.05, 4.69) is 22.2 Å². The molecule has 0 atom stereocenters. The minimum Gasteiger partial charge on any atom is -0.494 e. The molecule has 0 amide bonds. The largest absolute Gasteiger partial charge is 0.494 e. The van der Waals surface area contributed by atoms with Crippen molar-refractivity contribution in [1.82, 2.24) is 14.9 Å². The Morgan fingerprint density at radius 1 is 1.28 bits per heavy atom. The lowest BCUT2D eigenvalue weighted by Gasteiger charge is -2.05. The first kappa shape index (κ1) is 17.2. The Bertz CT molecular complexity index is 863. The smallest absolute Gasteiger partial charge is 0.219 e. The molecule has 0 bridgehead atoms. The summed E-state index contributed by atoms with van der Waals surface area (Å²) in [6.07, 6.45) is 6.76. The summed E-state index contributed by atoms with van der Waals surface area (Å²) >= 11 is 5.22. The Labute approximate surface area is 151 Å². The Morgan fingerprint density at radius 3 is 2.84 bits per heavy atom. The summed E-state index contributed by atoms with van der Waals surface area (Å²) < 4.78 is 13.0. The lowest BCUT2D eigenvalue weighted by molar-refractivity contribution is 0.306. The summed E-state index contributed by atoms with van der Waals surface area (Å²) in [5.74, 6) is 1.99. The summed E-state index contributed by atoms with van der Waals surface area (Å²) in [6, 6.07) is 11.4. The van der Waals surface area contributed by atoms with Crippen LogP contribution in [0, 0.1) is 4.77 Å². The third-order valence-corrected chi connectivity index (χ3v) is 3.88. The monoisotopic (exact) mass is 356 g/mol. The van der Waals surface area contributed by atoms with Crippen molar-refractivity contribution >= 4 is 18.4 Å².